The van der Waals surface area contributed by atoms with Crippen molar-refractivity contribution in [2.75, 3.05) is 0 Å². The molecule has 0 N–H and O–H groups in total. The van der Waals surface area contributed by atoms with E-state index in [1.807, 2.05) is 29.3 Å². The van der Waals surface area contributed by atoms with Gasteiger partial charge in [0.25, 0.3) is 0 Å². The molecule has 1 saturated carbocycles. The fourth-order valence-corrected chi connectivity index (χ4v) is 1.87. The number of nitrogens with zero attached hydrogens (tertiary/aromatic N) is 3. The minimum Gasteiger partial charge on any atom is -0.303 e. The lowest BCUT2D eigenvalue weighted by Crippen LogP contribution is -2.11. The Morgan fingerprint density at radius 1 is 1.38 bits per heavy atom. The highest BCUT2D eigenvalue weighted by molar-refractivity contribution is 5.51. The Labute approximate surface area is 76.4 Å². The smallest absolute Gasteiger partial charge is 0.0993 e. The van der Waals surface area contributed by atoms with E-state index in [4.69, 9.17) is 0 Å². The van der Waals surface area contributed by atoms with Crippen molar-refractivity contribution in [3.8, 4) is 0 Å². The van der Waals surface area contributed by atoms with Gasteiger partial charge in [0.1, 0.15) is 0 Å². The molecule has 1 fully saturated rings. The van der Waals surface area contributed by atoms with Crippen LogP contribution in [0.2, 0.25) is 0 Å². The van der Waals surface area contributed by atoms with Crippen molar-refractivity contribution in [2.45, 2.75) is 25.2 Å². The van der Waals surface area contributed by atoms with Crippen molar-refractivity contribution in [1.82, 2.24) is 14.4 Å². The third-order valence-electron chi connectivity index (χ3n) is 2.86. The predicted octanol–water partition coefficient (Wildman–Crippen LogP) is 2.00. The first-order chi connectivity index (χ1) is 6.45. The van der Waals surface area contributed by atoms with Crippen molar-refractivity contribution in [1.29, 1.82) is 0 Å². The average Bonchev–Trinajstić information content (AvgIpc) is 2.49. The van der Waals surface area contributed by atoms with Crippen molar-refractivity contribution >= 4 is 5.52 Å². The van der Waals surface area contributed by atoms with E-state index in [2.05, 4.69) is 9.97 Å². The van der Waals surface area contributed by atoms with Crippen LogP contribution in [-0.4, -0.2) is 14.4 Å². The van der Waals surface area contributed by atoms with Crippen molar-refractivity contribution in [3.63, 3.8) is 0 Å². The highest BCUT2D eigenvalue weighted by atomic mass is 15.0. The molecule has 0 radical (unpaired) electrons. The van der Waals surface area contributed by atoms with Crippen LogP contribution in [0.5, 0.6) is 0 Å². The molecule has 2 heterocycles. The summed E-state index contributed by atoms with van der Waals surface area (Å²) < 4.78 is 2.04. The molecule has 66 valence electrons. The van der Waals surface area contributed by atoms with Crippen LogP contribution < -0.4 is 0 Å². The molecule has 0 atom stereocenters. The standard InChI is InChI=1S/C10H11N3/c1-2-8(3-1)10-9-6-11-7-13(9)5-4-12-10/h4-8H,1-3H2. The molecule has 3 nitrogen and oxygen atoms in total. The van der Waals surface area contributed by atoms with Gasteiger partial charge in [0.15, 0.2) is 0 Å². The van der Waals surface area contributed by atoms with Crippen molar-refractivity contribution in [3.05, 3.63) is 30.6 Å². The molecule has 0 spiro atoms. The van der Waals surface area contributed by atoms with Gasteiger partial charge in [-0.2, -0.15) is 0 Å². The van der Waals surface area contributed by atoms with E-state index in [9.17, 15) is 0 Å². The van der Waals surface area contributed by atoms with E-state index in [1.165, 1.54) is 30.5 Å². The lowest BCUT2D eigenvalue weighted by Gasteiger charge is -2.24. The Morgan fingerprint density at radius 3 is 3.08 bits per heavy atom. The molecule has 2 aromatic rings. The maximum absolute atomic E-state index is 4.44. The number of hydrogen-bond acceptors (Lipinski definition) is 2. The highest BCUT2D eigenvalue weighted by Crippen LogP contribution is 2.36. The summed E-state index contributed by atoms with van der Waals surface area (Å²) in [5.74, 6) is 0.681. The third-order valence-corrected chi connectivity index (χ3v) is 2.86. The van der Waals surface area contributed by atoms with Gasteiger partial charge in [-0.1, -0.05) is 6.42 Å². The molecule has 0 aliphatic heterocycles. The maximum Gasteiger partial charge on any atom is 0.0993 e. The minimum atomic E-state index is 0.681. The van der Waals surface area contributed by atoms with E-state index in [0.29, 0.717) is 5.92 Å². The first kappa shape index (κ1) is 7.06. The second-order valence-corrected chi connectivity index (χ2v) is 3.63. The summed E-state index contributed by atoms with van der Waals surface area (Å²) in [6.45, 7) is 0. The Balaban J connectivity index is 2.20. The lowest BCUT2D eigenvalue weighted by molar-refractivity contribution is 0.413. The van der Waals surface area contributed by atoms with E-state index >= 15 is 0 Å². The van der Waals surface area contributed by atoms with Gasteiger partial charge in [0.05, 0.1) is 23.7 Å². The van der Waals surface area contributed by atoms with E-state index in [1.54, 1.807) is 0 Å². The number of hydrogen-bond donors (Lipinski definition) is 0. The van der Waals surface area contributed by atoms with Crippen molar-refractivity contribution in [2.24, 2.45) is 0 Å². The molecule has 3 rings (SSSR count). The third kappa shape index (κ3) is 0.963. The van der Waals surface area contributed by atoms with Crippen LogP contribution in [0, 0.1) is 0 Å². The number of aromatic nitrogens is 3. The Hall–Kier alpha value is -1.38. The molecule has 2 aromatic heterocycles. The number of rotatable bonds is 1. The highest BCUT2D eigenvalue weighted by Gasteiger charge is 2.22. The second-order valence-electron chi connectivity index (χ2n) is 3.63. The van der Waals surface area contributed by atoms with Gasteiger partial charge < -0.3 is 4.40 Å². The first-order valence-corrected chi connectivity index (χ1v) is 4.72. The van der Waals surface area contributed by atoms with E-state index in [-0.39, 0.29) is 0 Å². The number of fused-ring (bicyclic) bond motifs is 1. The summed E-state index contributed by atoms with van der Waals surface area (Å²) in [5, 5.41) is 0. The van der Waals surface area contributed by atoms with Crippen LogP contribution >= 0.6 is 0 Å². The molecule has 0 saturated heterocycles. The Morgan fingerprint density at radius 2 is 2.31 bits per heavy atom. The monoisotopic (exact) mass is 173 g/mol. The van der Waals surface area contributed by atoms with Gasteiger partial charge in [0.2, 0.25) is 0 Å². The average molecular weight is 173 g/mol. The fraction of sp³-hybridized carbons (Fsp3) is 0.400. The van der Waals surface area contributed by atoms with E-state index in [0.717, 1.165) is 0 Å². The second kappa shape index (κ2) is 2.55. The summed E-state index contributed by atoms with van der Waals surface area (Å²) in [6.07, 6.45) is 11.5. The van der Waals surface area contributed by atoms with Crippen LogP contribution in [0.25, 0.3) is 5.52 Å². The minimum absolute atomic E-state index is 0.681. The maximum atomic E-state index is 4.44. The van der Waals surface area contributed by atoms with Gasteiger partial charge in [-0.3, -0.25) is 4.98 Å². The summed E-state index contributed by atoms with van der Waals surface area (Å²) >= 11 is 0. The molecule has 0 amide bonds. The van der Waals surface area contributed by atoms with Gasteiger partial charge in [0, 0.05) is 18.3 Å². The summed E-state index contributed by atoms with van der Waals surface area (Å²) in [7, 11) is 0. The van der Waals surface area contributed by atoms with Crippen LogP contribution in [-0.2, 0) is 0 Å². The molecule has 0 bridgehead atoms. The van der Waals surface area contributed by atoms with E-state index < -0.39 is 0 Å². The Bertz CT molecular complexity index is 428. The zero-order chi connectivity index (χ0) is 8.67. The molecule has 1 aliphatic carbocycles. The van der Waals surface area contributed by atoms with Crippen LogP contribution in [0.15, 0.2) is 24.9 Å². The van der Waals surface area contributed by atoms with Crippen LogP contribution in [0.1, 0.15) is 30.9 Å². The molecule has 13 heavy (non-hydrogen) atoms. The van der Waals surface area contributed by atoms with Crippen LogP contribution in [0.3, 0.4) is 0 Å². The SMILES string of the molecule is c1cn2cncc2c(C2CCC2)n1. The van der Waals surface area contributed by atoms with Gasteiger partial charge >= 0.3 is 0 Å². The lowest BCUT2D eigenvalue weighted by atomic mass is 9.82. The number of imidazole rings is 1. The molecule has 0 aromatic carbocycles. The quantitative estimate of drug-likeness (QED) is 0.660. The van der Waals surface area contributed by atoms with Gasteiger partial charge in [-0.05, 0) is 12.8 Å². The summed E-state index contributed by atoms with van der Waals surface area (Å²) in [4.78, 5) is 8.57. The normalized spacial score (nSPS) is 17.5. The molecule has 3 heteroatoms. The Kier molecular flexibility index (Phi) is 1.39. The summed E-state index contributed by atoms with van der Waals surface area (Å²) in [5.41, 5.74) is 2.40. The zero-order valence-corrected chi connectivity index (χ0v) is 7.35. The zero-order valence-electron chi connectivity index (χ0n) is 7.35. The molecule has 0 unspecified atom stereocenters. The molecular formula is C10H11N3. The predicted molar refractivity (Wildman–Crippen MR) is 49.6 cm³/mol. The largest absolute Gasteiger partial charge is 0.303 e. The van der Waals surface area contributed by atoms with Gasteiger partial charge in [-0.15, -0.1) is 0 Å². The fourth-order valence-electron chi connectivity index (χ4n) is 1.87. The molecule has 1 aliphatic rings. The van der Waals surface area contributed by atoms with Crippen LogP contribution in [0.4, 0.5) is 0 Å². The molecular weight excluding hydrogens is 162 g/mol. The topological polar surface area (TPSA) is 30.2 Å². The summed E-state index contributed by atoms with van der Waals surface area (Å²) in [6, 6.07) is 0. The van der Waals surface area contributed by atoms with Gasteiger partial charge in [-0.25, -0.2) is 4.98 Å². The first-order valence-electron chi connectivity index (χ1n) is 4.72. The van der Waals surface area contributed by atoms with Crippen molar-refractivity contribution < 1.29 is 0 Å².